The van der Waals surface area contributed by atoms with Gasteiger partial charge in [-0.25, -0.2) is 14.8 Å². The molecule has 0 bridgehead atoms. The Kier molecular flexibility index (Phi) is 9.15. The van der Waals surface area contributed by atoms with E-state index in [0.29, 0.717) is 30.2 Å². The van der Waals surface area contributed by atoms with E-state index < -0.39 is 0 Å². The van der Waals surface area contributed by atoms with Gasteiger partial charge in [-0.15, -0.1) is 11.3 Å². The number of nitrogens with zero attached hydrogens (tertiary/aromatic N) is 5. The van der Waals surface area contributed by atoms with E-state index in [-0.39, 0.29) is 12.0 Å². The number of carbonyl (C=O) groups excluding carboxylic acids is 2. The number of carbonyl (C=O) groups is 2. The third-order valence-corrected chi connectivity index (χ3v) is 8.03. The molecule has 0 saturated carbocycles. The Labute approximate surface area is 232 Å². The molecule has 2 aliphatic heterocycles. The van der Waals surface area contributed by atoms with E-state index >= 15 is 0 Å². The number of hydrogen-bond acceptors (Lipinski definition) is 9. The van der Waals surface area contributed by atoms with Gasteiger partial charge in [0, 0.05) is 62.8 Å². The van der Waals surface area contributed by atoms with Crippen LogP contribution in [0.4, 0.5) is 10.6 Å². The van der Waals surface area contributed by atoms with Crippen LogP contribution in [-0.4, -0.2) is 95.7 Å². The minimum Gasteiger partial charge on any atom is -0.409 e. The second-order valence-electron chi connectivity index (χ2n) is 9.73. The van der Waals surface area contributed by atoms with Crippen molar-refractivity contribution in [2.24, 2.45) is 0 Å². The van der Waals surface area contributed by atoms with Crippen LogP contribution < -0.4 is 10.1 Å². The lowest BCUT2D eigenvalue weighted by atomic mass is 10.1. The second-order valence-corrected chi connectivity index (χ2v) is 10.7. The predicted molar refractivity (Wildman–Crippen MR) is 149 cm³/mol. The largest absolute Gasteiger partial charge is 0.415 e. The molecule has 5 rings (SSSR count). The summed E-state index contributed by atoms with van der Waals surface area (Å²) in [5.41, 5.74) is 4.71. The van der Waals surface area contributed by atoms with Gasteiger partial charge in [0.25, 0.3) is 5.91 Å². The fourth-order valence-corrected chi connectivity index (χ4v) is 5.40. The third kappa shape index (κ3) is 7.60. The Morgan fingerprint density at radius 2 is 1.74 bits per heavy atom. The van der Waals surface area contributed by atoms with Gasteiger partial charge in [0.2, 0.25) is 0 Å². The molecule has 1 N–H and O–H groups in total. The van der Waals surface area contributed by atoms with Crippen LogP contribution in [0.3, 0.4) is 0 Å². The molecular formula is C28H34N6O4S. The zero-order valence-corrected chi connectivity index (χ0v) is 23.0. The molecule has 11 heteroatoms. The maximum atomic E-state index is 12.7. The van der Waals surface area contributed by atoms with E-state index in [1.807, 2.05) is 36.7 Å². The quantitative estimate of drug-likeness (QED) is 0.456. The number of ether oxygens (including phenoxy) is 2. The van der Waals surface area contributed by atoms with Crippen LogP contribution in [0, 0.1) is 6.92 Å². The highest BCUT2D eigenvalue weighted by Gasteiger charge is 2.23. The number of benzene rings is 1. The van der Waals surface area contributed by atoms with Crippen LogP contribution in [0.2, 0.25) is 0 Å². The number of aromatic nitrogens is 2. The number of anilines is 1. The van der Waals surface area contributed by atoms with Gasteiger partial charge < -0.3 is 19.7 Å². The number of pyridine rings is 1. The number of rotatable bonds is 8. The molecule has 1 aromatic carbocycles. The van der Waals surface area contributed by atoms with Crippen LogP contribution in [0.15, 0.2) is 48.1 Å². The number of thiazole rings is 1. The molecule has 39 heavy (non-hydrogen) atoms. The fraction of sp³-hybridized carbons (Fsp3) is 0.429. The van der Waals surface area contributed by atoms with Crippen LogP contribution in [-0.2, 0) is 17.7 Å². The van der Waals surface area contributed by atoms with Crippen molar-refractivity contribution in [3.63, 3.8) is 0 Å². The molecule has 2 saturated heterocycles. The smallest absolute Gasteiger partial charge is 0.409 e. The van der Waals surface area contributed by atoms with Crippen LogP contribution in [0.25, 0.3) is 0 Å². The molecule has 2 amide bonds. The molecule has 206 valence electrons. The van der Waals surface area contributed by atoms with Gasteiger partial charge in [-0.3, -0.25) is 14.6 Å². The van der Waals surface area contributed by atoms with E-state index in [1.165, 1.54) is 11.1 Å². The average Bonchev–Trinajstić information content (AvgIpc) is 3.38. The van der Waals surface area contributed by atoms with E-state index in [0.717, 1.165) is 70.2 Å². The maximum Gasteiger partial charge on any atom is 0.415 e. The standard InChI is InChI=1S/C28H34N6O4S/c1-21-25(39-20-30-21)8-9-32-10-12-34(13-11-32)28(36)38-24-6-7-26(29-18-24)31-27(35)23-4-2-22(3-5-23)19-33-14-16-37-17-15-33/h2-7,18,20H,8-17,19H2,1H3,(H,29,31,35). The van der Waals surface area contributed by atoms with Crippen molar-refractivity contribution in [1.29, 1.82) is 0 Å². The van der Waals surface area contributed by atoms with Crippen molar-refractivity contribution in [2.75, 3.05) is 64.3 Å². The number of hydrogen-bond donors (Lipinski definition) is 1. The van der Waals surface area contributed by atoms with Gasteiger partial charge in [-0.1, -0.05) is 12.1 Å². The van der Waals surface area contributed by atoms with Gasteiger partial charge in [-0.05, 0) is 43.2 Å². The van der Waals surface area contributed by atoms with Crippen molar-refractivity contribution in [2.45, 2.75) is 19.9 Å². The first-order valence-electron chi connectivity index (χ1n) is 13.3. The van der Waals surface area contributed by atoms with Crippen LogP contribution in [0.5, 0.6) is 5.75 Å². The fourth-order valence-electron chi connectivity index (χ4n) is 4.63. The summed E-state index contributed by atoms with van der Waals surface area (Å²) in [5, 5.41) is 2.80. The second kappa shape index (κ2) is 13.1. The average molecular weight is 551 g/mol. The normalized spacial score (nSPS) is 16.7. The Bertz CT molecular complexity index is 1240. The molecule has 10 nitrogen and oxygen atoms in total. The molecular weight excluding hydrogens is 516 g/mol. The van der Waals surface area contributed by atoms with Crippen molar-refractivity contribution in [3.8, 4) is 5.75 Å². The summed E-state index contributed by atoms with van der Waals surface area (Å²) in [6, 6.07) is 10.9. The molecule has 2 aromatic heterocycles. The summed E-state index contributed by atoms with van der Waals surface area (Å²) in [7, 11) is 0. The van der Waals surface area contributed by atoms with E-state index in [1.54, 1.807) is 28.4 Å². The van der Waals surface area contributed by atoms with Crippen LogP contribution >= 0.6 is 11.3 Å². The molecule has 0 unspecified atom stereocenters. The highest BCUT2D eigenvalue weighted by atomic mass is 32.1. The summed E-state index contributed by atoms with van der Waals surface area (Å²) in [5.74, 6) is 0.490. The van der Waals surface area contributed by atoms with Gasteiger partial charge in [0.15, 0.2) is 5.75 Å². The zero-order chi connectivity index (χ0) is 27.0. The number of aryl methyl sites for hydroxylation is 1. The molecule has 0 aliphatic carbocycles. The first-order valence-corrected chi connectivity index (χ1v) is 14.2. The first-order chi connectivity index (χ1) is 19.0. The maximum absolute atomic E-state index is 12.7. The molecule has 0 radical (unpaired) electrons. The Morgan fingerprint density at radius 3 is 2.41 bits per heavy atom. The summed E-state index contributed by atoms with van der Waals surface area (Å²) >= 11 is 1.70. The van der Waals surface area contributed by atoms with Gasteiger partial charge in [0.05, 0.1) is 30.6 Å². The predicted octanol–water partition coefficient (Wildman–Crippen LogP) is 3.29. The molecule has 4 heterocycles. The van der Waals surface area contributed by atoms with Gasteiger partial charge >= 0.3 is 6.09 Å². The minimum absolute atomic E-state index is 0.242. The Balaban J connectivity index is 1.04. The summed E-state index contributed by atoms with van der Waals surface area (Å²) in [6.45, 7) is 10.1. The lowest BCUT2D eigenvalue weighted by molar-refractivity contribution is 0.0342. The third-order valence-electron chi connectivity index (χ3n) is 7.04. The zero-order valence-electron chi connectivity index (χ0n) is 22.2. The topological polar surface area (TPSA) is 100 Å². The van der Waals surface area contributed by atoms with E-state index in [2.05, 4.69) is 25.1 Å². The van der Waals surface area contributed by atoms with E-state index in [9.17, 15) is 9.59 Å². The molecule has 0 atom stereocenters. The summed E-state index contributed by atoms with van der Waals surface area (Å²) in [6.07, 6.45) is 2.05. The molecule has 3 aromatic rings. The number of nitrogens with one attached hydrogen (secondary N) is 1. The van der Waals surface area contributed by atoms with Crippen molar-refractivity contribution >= 4 is 29.2 Å². The van der Waals surface area contributed by atoms with Gasteiger partial charge in [-0.2, -0.15) is 0 Å². The number of amides is 2. The van der Waals surface area contributed by atoms with Crippen molar-refractivity contribution in [3.05, 3.63) is 69.8 Å². The minimum atomic E-state index is -0.385. The highest BCUT2D eigenvalue weighted by molar-refractivity contribution is 7.09. The van der Waals surface area contributed by atoms with Crippen LogP contribution in [0.1, 0.15) is 26.5 Å². The van der Waals surface area contributed by atoms with Crippen molar-refractivity contribution in [1.82, 2.24) is 24.7 Å². The lowest BCUT2D eigenvalue weighted by Gasteiger charge is -2.33. The highest BCUT2D eigenvalue weighted by Crippen LogP contribution is 2.17. The monoisotopic (exact) mass is 550 g/mol. The SMILES string of the molecule is Cc1ncsc1CCN1CCN(C(=O)Oc2ccc(NC(=O)c3ccc(CN4CCOCC4)cc3)nc2)CC1. The number of piperazine rings is 1. The van der Waals surface area contributed by atoms with E-state index in [4.69, 9.17) is 9.47 Å². The molecule has 0 spiro atoms. The van der Waals surface area contributed by atoms with Gasteiger partial charge in [0.1, 0.15) is 5.82 Å². The Hall–Kier alpha value is -3.38. The lowest BCUT2D eigenvalue weighted by Crippen LogP contribution is -2.49. The summed E-state index contributed by atoms with van der Waals surface area (Å²) < 4.78 is 10.9. The summed E-state index contributed by atoms with van der Waals surface area (Å²) in [4.78, 5) is 41.6. The number of morpholine rings is 1. The molecule has 2 fully saturated rings. The molecule has 2 aliphatic rings. The Morgan fingerprint density at radius 1 is 0.974 bits per heavy atom. The first kappa shape index (κ1) is 27.2. The van der Waals surface area contributed by atoms with Crippen molar-refractivity contribution < 1.29 is 19.1 Å².